The number of halogens is 5. The number of carboxylic acids is 1. The Bertz CT molecular complexity index is 1200. The minimum atomic E-state index is -4.53. The molecule has 0 spiro atoms. The van der Waals surface area contributed by atoms with E-state index in [0.29, 0.717) is 48.0 Å². The first kappa shape index (κ1) is 28.8. The molecule has 3 aromatic rings. The van der Waals surface area contributed by atoms with Crippen molar-refractivity contribution in [2.24, 2.45) is 0 Å². The van der Waals surface area contributed by atoms with Gasteiger partial charge in [-0.1, -0.05) is 66.5 Å². The maximum atomic E-state index is 13.4. The van der Waals surface area contributed by atoms with E-state index in [1.165, 1.54) is 6.07 Å². The van der Waals surface area contributed by atoms with Crippen LogP contribution in [-0.2, 0) is 23.9 Å². The zero-order chi connectivity index (χ0) is 27.0. The summed E-state index contributed by atoms with van der Waals surface area (Å²) in [7, 11) is 0. The van der Waals surface area contributed by atoms with Gasteiger partial charge in [-0.15, -0.1) is 0 Å². The van der Waals surface area contributed by atoms with Crippen LogP contribution in [0.3, 0.4) is 0 Å². The number of rotatable bonds is 12. The van der Waals surface area contributed by atoms with Crippen LogP contribution in [-0.4, -0.2) is 35.7 Å². The summed E-state index contributed by atoms with van der Waals surface area (Å²) < 4.78 is 46.0. The van der Waals surface area contributed by atoms with Gasteiger partial charge in [0.15, 0.2) is 0 Å². The Balaban J connectivity index is 1.70. The van der Waals surface area contributed by atoms with Gasteiger partial charge in [-0.25, -0.2) is 0 Å². The number of nitrogens with zero attached hydrogens (tertiary/aromatic N) is 1. The molecule has 0 aromatic heterocycles. The lowest BCUT2D eigenvalue weighted by Gasteiger charge is -2.27. The van der Waals surface area contributed by atoms with Crippen LogP contribution in [0, 0.1) is 0 Å². The van der Waals surface area contributed by atoms with Crippen molar-refractivity contribution in [3.63, 3.8) is 0 Å². The standard InChI is InChI=1S/C28H28Cl2F3NO3/c1-19(21-7-3-9-23(29)16-21)17-34(18-22-8-4-11-25(27(22)30)28(31,32)33)12-5-13-37-24-10-2-6-20(14-24)15-26(35)36/h2-4,6-11,14,16,19H,5,12-13,15,17-18H2,1H3,(H,35,36)/t19-/m1/s1. The van der Waals surface area contributed by atoms with Crippen LogP contribution in [0.25, 0.3) is 0 Å². The molecule has 198 valence electrons. The molecule has 0 radical (unpaired) electrons. The van der Waals surface area contributed by atoms with E-state index in [9.17, 15) is 18.0 Å². The van der Waals surface area contributed by atoms with Crippen LogP contribution < -0.4 is 4.74 Å². The van der Waals surface area contributed by atoms with Gasteiger partial charge in [0, 0.05) is 24.7 Å². The normalized spacial score (nSPS) is 12.5. The van der Waals surface area contributed by atoms with Gasteiger partial charge in [-0.3, -0.25) is 9.69 Å². The molecule has 0 aliphatic heterocycles. The van der Waals surface area contributed by atoms with Gasteiger partial charge >= 0.3 is 12.1 Å². The average molecular weight is 554 g/mol. The molecule has 0 saturated heterocycles. The number of carbonyl (C=O) groups is 1. The fraction of sp³-hybridized carbons (Fsp3) is 0.321. The number of hydrogen-bond acceptors (Lipinski definition) is 3. The van der Waals surface area contributed by atoms with E-state index in [4.69, 9.17) is 33.0 Å². The maximum absolute atomic E-state index is 13.4. The van der Waals surface area contributed by atoms with Gasteiger partial charge in [-0.2, -0.15) is 13.2 Å². The van der Waals surface area contributed by atoms with Crippen molar-refractivity contribution < 1.29 is 27.8 Å². The van der Waals surface area contributed by atoms with Gasteiger partial charge in [0.05, 0.1) is 23.6 Å². The highest BCUT2D eigenvalue weighted by Crippen LogP contribution is 2.36. The van der Waals surface area contributed by atoms with Crippen molar-refractivity contribution in [2.45, 2.75) is 38.4 Å². The number of aliphatic carboxylic acids is 1. The van der Waals surface area contributed by atoms with Crippen LogP contribution >= 0.6 is 23.2 Å². The van der Waals surface area contributed by atoms with E-state index >= 15 is 0 Å². The van der Waals surface area contributed by atoms with E-state index < -0.39 is 17.7 Å². The van der Waals surface area contributed by atoms with E-state index in [-0.39, 0.29) is 23.9 Å². The molecule has 9 heteroatoms. The number of hydrogen-bond donors (Lipinski definition) is 1. The van der Waals surface area contributed by atoms with Gasteiger partial charge in [0.25, 0.3) is 0 Å². The lowest BCUT2D eigenvalue weighted by molar-refractivity contribution is -0.138. The van der Waals surface area contributed by atoms with Crippen LogP contribution in [0.15, 0.2) is 66.7 Å². The minimum absolute atomic E-state index is 0.0666. The highest BCUT2D eigenvalue weighted by atomic mass is 35.5. The first-order valence-electron chi connectivity index (χ1n) is 11.8. The Labute approximate surface area is 224 Å². The molecule has 0 aliphatic carbocycles. The largest absolute Gasteiger partial charge is 0.494 e. The fourth-order valence-corrected chi connectivity index (χ4v) is 4.59. The van der Waals surface area contributed by atoms with Gasteiger partial charge in [0.1, 0.15) is 5.75 Å². The molecule has 0 bridgehead atoms. The molecule has 0 fully saturated rings. The van der Waals surface area contributed by atoms with E-state index in [2.05, 4.69) is 4.90 Å². The predicted molar refractivity (Wildman–Crippen MR) is 139 cm³/mol. The summed E-state index contributed by atoms with van der Waals surface area (Å²) in [4.78, 5) is 13.0. The summed E-state index contributed by atoms with van der Waals surface area (Å²) in [6, 6.07) is 18.4. The number of alkyl halides is 3. The smallest absolute Gasteiger partial charge is 0.417 e. The molecule has 0 amide bonds. The SMILES string of the molecule is C[C@H](CN(CCCOc1cccc(CC(=O)O)c1)Cc1cccc(C(F)(F)F)c1Cl)c1cccc(Cl)c1. The number of carboxylic acid groups (broad SMARTS) is 1. The summed E-state index contributed by atoms with van der Waals surface area (Å²) in [5.41, 5.74) is 1.22. The quantitative estimate of drug-likeness (QED) is 0.233. The summed E-state index contributed by atoms with van der Waals surface area (Å²) in [5, 5.41) is 9.31. The zero-order valence-corrected chi connectivity index (χ0v) is 21.8. The summed E-state index contributed by atoms with van der Waals surface area (Å²) in [6.45, 7) is 3.75. The molecular weight excluding hydrogens is 526 g/mol. The van der Waals surface area contributed by atoms with Gasteiger partial charge in [-0.05, 0) is 59.4 Å². The lowest BCUT2D eigenvalue weighted by atomic mass is 10.00. The first-order valence-corrected chi connectivity index (χ1v) is 12.5. The lowest BCUT2D eigenvalue weighted by Crippen LogP contribution is -2.30. The second kappa shape index (κ2) is 13.2. The number of benzene rings is 3. The molecule has 0 unspecified atom stereocenters. The predicted octanol–water partition coefficient (Wildman–Crippen LogP) is 7.71. The van der Waals surface area contributed by atoms with Crippen molar-refractivity contribution in [1.29, 1.82) is 0 Å². The topological polar surface area (TPSA) is 49.8 Å². The van der Waals surface area contributed by atoms with E-state index in [0.717, 1.165) is 11.6 Å². The van der Waals surface area contributed by atoms with Crippen LogP contribution in [0.5, 0.6) is 5.75 Å². The van der Waals surface area contributed by atoms with Gasteiger partial charge in [0.2, 0.25) is 0 Å². The Kier molecular flexibility index (Phi) is 10.3. The average Bonchev–Trinajstić information content (AvgIpc) is 2.82. The van der Waals surface area contributed by atoms with Gasteiger partial charge < -0.3 is 9.84 Å². The van der Waals surface area contributed by atoms with E-state index in [1.54, 1.807) is 36.4 Å². The molecule has 0 heterocycles. The summed E-state index contributed by atoms with van der Waals surface area (Å²) in [6.07, 6.45) is -4.03. The molecule has 4 nitrogen and oxygen atoms in total. The molecule has 37 heavy (non-hydrogen) atoms. The van der Waals surface area contributed by atoms with Crippen LogP contribution in [0.1, 0.15) is 41.5 Å². The first-order chi connectivity index (χ1) is 17.5. The van der Waals surface area contributed by atoms with Crippen molar-refractivity contribution >= 4 is 29.2 Å². The molecular formula is C28H28Cl2F3NO3. The van der Waals surface area contributed by atoms with E-state index in [1.807, 2.05) is 25.1 Å². The third-order valence-electron chi connectivity index (χ3n) is 5.87. The Morgan fingerprint density at radius 2 is 1.78 bits per heavy atom. The Hall–Kier alpha value is -2.74. The van der Waals surface area contributed by atoms with Crippen molar-refractivity contribution in [3.05, 3.63) is 99.0 Å². The minimum Gasteiger partial charge on any atom is -0.494 e. The second-order valence-electron chi connectivity index (χ2n) is 8.89. The highest BCUT2D eigenvalue weighted by molar-refractivity contribution is 6.32. The maximum Gasteiger partial charge on any atom is 0.417 e. The Morgan fingerprint density at radius 3 is 2.49 bits per heavy atom. The highest BCUT2D eigenvalue weighted by Gasteiger charge is 2.34. The summed E-state index contributed by atoms with van der Waals surface area (Å²) >= 11 is 12.3. The molecule has 0 saturated carbocycles. The van der Waals surface area contributed by atoms with Crippen molar-refractivity contribution in [3.8, 4) is 5.75 Å². The Morgan fingerprint density at radius 1 is 1.05 bits per heavy atom. The molecule has 3 rings (SSSR count). The van der Waals surface area contributed by atoms with Crippen molar-refractivity contribution in [2.75, 3.05) is 19.7 Å². The third kappa shape index (κ3) is 8.95. The molecule has 0 aliphatic rings. The summed E-state index contributed by atoms with van der Waals surface area (Å²) in [5.74, 6) is -0.287. The molecule has 1 N–H and O–H groups in total. The number of ether oxygens (including phenoxy) is 1. The van der Waals surface area contributed by atoms with Crippen LogP contribution in [0.2, 0.25) is 10.0 Å². The monoisotopic (exact) mass is 553 g/mol. The third-order valence-corrected chi connectivity index (χ3v) is 6.55. The fourth-order valence-electron chi connectivity index (χ4n) is 4.10. The van der Waals surface area contributed by atoms with Crippen LogP contribution in [0.4, 0.5) is 13.2 Å². The zero-order valence-electron chi connectivity index (χ0n) is 20.3. The van der Waals surface area contributed by atoms with Crippen molar-refractivity contribution in [1.82, 2.24) is 4.90 Å². The molecule has 3 aromatic carbocycles. The molecule has 1 atom stereocenters. The second-order valence-corrected chi connectivity index (χ2v) is 9.70.